The van der Waals surface area contributed by atoms with Crippen molar-refractivity contribution in [2.24, 2.45) is 4.99 Å². The number of terminal acetylenes is 1. The van der Waals surface area contributed by atoms with Gasteiger partial charge in [0.15, 0.2) is 5.96 Å². The minimum absolute atomic E-state index is 0.00469. The Morgan fingerprint density at radius 2 is 2.19 bits per heavy atom. The van der Waals surface area contributed by atoms with E-state index in [1.165, 1.54) is 0 Å². The topological polar surface area (TPSA) is 78.4 Å². The predicted octanol–water partition coefficient (Wildman–Crippen LogP) is 2.94. The van der Waals surface area contributed by atoms with E-state index < -0.39 is 0 Å². The third kappa shape index (κ3) is 6.76. The Kier molecular flexibility index (Phi) is 7.83. The van der Waals surface area contributed by atoms with Gasteiger partial charge in [0.05, 0.1) is 12.2 Å². The van der Waals surface area contributed by atoms with E-state index in [-0.39, 0.29) is 12.5 Å². The van der Waals surface area contributed by atoms with Crippen LogP contribution in [0.15, 0.2) is 34.6 Å². The minimum atomic E-state index is -0.210. The van der Waals surface area contributed by atoms with E-state index in [4.69, 9.17) is 6.42 Å². The molecule has 0 atom stereocenters. The van der Waals surface area contributed by atoms with Crippen molar-refractivity contribution < 1.29 is 4.79 Å². The maximum atomic E-state index is 12.1. The Bertz CT molecular complexity index is 835. The highest BCUT2D eigenvalue weighted by atomic mass is 32.1. The van der Waals surface area contributed by atoms with E-state index in [1.54, 1.807) is 29.5 Å². The molecule has 0 aliphatic rings. The van der Waals surface area contributed by atoms with E-state index >= 15 is 0 Å². The van der Waals surface area contributed by atoms with Crippen LogP contribution in [-0.2, 0) is 11.3 Å². The molecular formula is C20H25N5OS. The monoisotopic (exact) mass is 383 g/mol. The third-order valence-corrected chi connectivity index (χ3v) is 4.47. The highest BCUT2D eigenvalue weighted by molar-refractivity contribution is 7.09. The zero-order valence-corrected chi connectivity index (χ0v) is 16.7. The van der Waals surface area contributed by atoms with E-state index in [0.717, 1.165) is 16.3 Å². The second kappa shape index (κ2) is 10.3. The first-order chi connectivity index (χ1) is 13.0. The van der Waals surface area contributed by atoms with Crippen molar-refractivity contribution in [3.63, 3.8) is 0 Å². The van der Waals surface area contributed by atoms with Gasteiger partial charge in [0, 0.05) is 23.2 Å². The van der Waals surface area contributed by atoms with Gasteiger partial charge in [-0.2, -0.15) is 0 Å². The van der Waals surface area contributed by atoms with Crippen LogP contribution in [0.4, 0.5) is 5.69 Å². The van der Waals surface area contributed by atoms with Gasteiger partial charge in [0.1, 0.15) is 11.6 Å². The number of anilines is 1. The summed E-state index contributed by atoms with van der Waals surface area (Å²) in [5.41, 5.74) is 2.47. The van der Waals surface area contributed by atoms with Crippen molar-refractivity contribution in [3.8, 4) is 12.3 Å². The average Bonchev–Trinajstić information content (AvgIpc) is 3.13. The standard InChI is InChI=1S/C20H25N5OS/c1-5-15-8-7-9-16(10-15)24-18(26)11-22-20(21-6-2)23-12-19-25-17(13-27-19)14(3)4/h1,7-10,13-14H,6,11-12H2,2-4H3,(H,24,26)(H2,21,22,23). The number of amides is 1. The van der Waals surface area contributed by atoms with Crippen LogP contribution >= 0.6 is 11.3 Å². The number of benzene rings is 1. The van der Waals surface area contributed by atoms with Crippen LogP contribution in [0, 0.1) is 12.3 Å². The molecule has 1 heterocycles. The van der Waals surface area contributed by atoms with Gasteiger partial charge < -0.3 is 16.0 Å². The van der Waals surface area contributed by atoms with Gasteiger partial charge in [0.25, 0.3) is 0 Å². The molecule has 0 fully saturated rings. The maximum absolute atomic E-state index is 12.1. The number of nitrogens with one attached hydrogen (secondary N) is 3. The smallest absolute Gasteiger partial charge is 0.246 e. The fraction of sp³-hybridized carbons (Fsp3) is 0.350. The van der Waals surface area contributed by atoms with E-state index in [9.17, 15) is 4.79 Å². The Morgan fingerprint density at radius 1 is 1.37 bits per heavy atom. The summed E-state index contributed by atoms with van der Waals surface area (Å²) in [5.74, 6) is 3.32. The molecule has 1 aromatic heterocycles. The SMILES string of the molecule is C#Cc1cccc(NC(=O)CN=C(NCC)NCc2nc(C(C)C)cs2)c1. The van der Waals surface area contributed by atoms with Gasteiger partial charge in [-0.15, -0.1) is 17.8 Å². The van der Waals surface area contributed by atoms with Gasteiger partial charge in [0.2, 0.25) is 5.91 Å². The maximum Gasteiger partial charge on any atom is 0.246 e. The van der Waals surface area contributed by atoms with Crippen molar-refractivity contribution >= 4 is 28.9 Å². The molecular weight excluding hydrogens is 358 g/mol. The number of aliphatic imine (C=N–C) groups is 1. The van der Waals surface area contributed by atoms with E-state index in [0.29, 0.717) is 30.7 Å². The zero-order chi connectivity index (χ0) is 19.6. The summed E-state index contributed by atoms with van der Waals surface area (Å²) in [4.78, 5) is 21.1. The lowest BCUT2D eigenvalue weighted by molar-refractivity contribution is -0.114. The average molecular weight is 384 g/mol. The van der Waals surface area contributed by atoms with Gasteiger partial charge in [-0.1, -0.05) is 25.8 Å². The van der Waals surface area contributed by atoms with Crippen molar-refractivity contribution in [1.29, 1.82) is 0 Å². The van der Waals surface area contributed by atoms with Gasteiger partial charge in [-0.3, -0.25) is 4.79 Å². The molecule has 0 saturated carbocycles. The molecule has 1 aromatic carbocycles. The normalized spacial score (nSPS) is 11.1. The molecule has 2 rings (SSSR count). The second-order valence-corrected chi connectivity index (χ2v) is 7.09. The largest absolute Gasteiger partial charge is 0.357 e. The Balaban J connectivity index is 1.91. The Labute approximate surface area is 164 Å². The van der Waals surface area contributed by atoms with Crippen LogP contribution in [0.2, 0.25) is 0 Å². The summed E-state index contributed by atoms with van der Waals surface area (Å²) >= 11 is 1.62. The lowest BCUT2D eigenvalue weighted by atomic mass is 10.2. The summed E-state index contributed by atoms with van der Waals surface area (Å²) in [5, 5.41) is 12.2. The number of guanidine groups is 1. The fourth-order valence-corrected chi connectivity index (χ4v) is 3.11. The molecule has 1 amide bonds. The highest BCUT2D eigenvalue weighted by Gasteiger charge is 2.07. The van der Waals surface area contributed by atoms with Crippen molar-refractivity contribution in [2.45, 2.75) is 33.2 Å². The van der Waals surface area contributed by atoms with Crippen LogP contribution in [0.25, 0.3) is 0 Å². The summed E-state index contributed by atoms with van der Waals surface area (Å²) in [6, 6.07) is 7.16. The summed E-state index contributed by atoms with van der Waals surface area (Å²) in [6.07, 6.45) is 5.38. The van der Waals surface area contributed by atoms with Gasteiger partial charge >= 0.3 is 0 Å². The Hall–Kier alpha value is -2.85. The number of aromatic nitrogens is 1. The first kappa shape index (κ1) is 20.5. The van der Waals surface area contributed by atoms with Crippen molar-refractivity contribution in [1.82, 2.24) is 15.6 Å². The van der Waals surface area contributed by atoms with Gasteiger partial charge in [-0.25, -0.2) is 9.98 Å². The number of carbonyl (C=O) groups is 1. The number of hydrogen-bond acceptors (Lipinski definition) is 4. The van der Waals surface area contributed by atoms with Gasteiger partial charge in [-0.05, 0) is 31.0 Å². The molecule has 3 N–H and O–H groups in total. The van der Waals surface area contributed by atoms with Crippen LogP contribution in [0.5, 0.6) is 0 Å². The first-order valence-corrected chi connectivity index (χ1v) is 9.72. The fourth-order valence-electron chi connectivity index (χ4n) is 2.21. The second-order valence-electron chi connectivity index (χ2n) is 6.14. The number of hydrogen-bond donors (Lipinski definition) is 3. The summed E-state index contributed by atoms with van der Waals surface area (Å²) < 4.78 is 0. The van der Waals surface area contributed by atoms with Crippen LogP contribution in [-0.4, -0.2) is 29.9 Å². The van der Waals surface area contributed by atoms with E-state index in [2.05, 4.69) is 51.1 Å². The predicted molar refractivity (Wildman–Crippen MR) is 112 cm³/mol. The first-order valence-electron chi connectivity index (χ1n) is 8.84. The lowest BCUT2D eigenvalue weighted by Gasteiger charge is -2.10. The van der Waals surface area contributed by atoms with Crippen molar-refractivity contribution in [3.05, 3.63) is 45.9 Å². The number of nitrogens with zero attached hydrogens (tertiary/aromatic N) is 2. The number of thiazole rings is 1. The van der Waals surface area contributed by atoms with Crippen LogP contribution < -0.4 is 16.0 Å². The molecule has 0 aliphatic carbocycles. The summed E-state index contributed by atoms with van der Waals surface area (Å²) in [6.45, 7) is 7.49. The molecule has 0 bridgehead atoms. The molecule has 7 heteroatoms. The molecule has 0 spiro atoms. The quantitative estimate of drug-likeness (QED) is 0.390. The van der Waals surface area contributed by atoms with E-state index in [1.807, 2.05) is 13.0 Å². The molecule has 2 aromatic rings. The molecule has 0 radical (unpaired) electrons. The third-order valence-electron chi connectivity index (χ3n) is 3.61. The summed E-state index contributed by atoms with van der Waals surface area (Å²) in [7, 11) is 0. The van der Waals surface area contributed by atoms with Crippen LogP contribution in [0.1, 0.15) is 43.0 Å². The molecule has 6 nitrogen and oxygen atoms in total. The Morgan fingerprint density at radius 3 is 2.85 bits per heavy atom. The molecule has 142 valence electrons. The molecule has 27 heavy (non-hydrogen) atoms. The lowest BCUT2D eigenvalue weighted by Crippen LogP contribution is -2.37. The molecule has 0 aliphatic heterocycles. The molecule has 0 unspecified atom stereocenters. The minimum Gasteiger partial charge on any atom is -0.357 e. The molecule has 0 saturated heterocycles. The highest BCUT2D eigenvalue weighted by Crippen LogP contribution is 2.17. The number of carbonyl (C=O) groups excluding carboxylic acids is 1. The zero-order valence-electron chi connectivity index (χ0n) is 15.9. The number of rotatable bonds is 7. The van der Waals surface area contributed by atoms with Crippen LogP contribution in [0.3, 0.4) is 0 Å². The van der Waals surface area contributed by atoms with Crippen molar-refractivity contribution in [2.75, 3.05) is 18.4 Å².